The summed E-state index contributed by atoms with van der Waals surface area (Å²) in [5, 5.41) is 16.6. The molecule has 7 heterocycles. The highest BCUT2D eigenvalue weighted by Crippen LogP contribution is 2.39. The van der Waals surface area contributed by atoms with Gasteiger partial charge in [0.05, 0.1) is 40.3 Å². The van der Waals surface area contributed by atoms with Crippen LogP contribution in [0.4, 0.5) is 16.0 Å². The van der Waals surface area contributed by atoms with Gasteiger partial charge in [0.2, 0.25) is 33.7 Å². The number of piperazine rings is 1. The van der Waals surface area contributed by atoms with E-state index in [4.69, 9.17) is 4.98 Å². The van der Waals surface area contributed by atoms with Crippen LogP contribution in [0.15, 0.2) is 35.3 Å². The van der Waals surface area contributed by atoms with Gasteiger partial charge in [0.1, 0.15) is 17.5 Å². The number of imide groups is 2. The van der Waals surface area contributed by atoms with Gasteiger partial charge in [-0.05, 0) is 76.5 Å². The zero-order chi connectivity index (χ0) is 44.4. The fourth-order valence-corrected chi connectivity index (χ4v) is 12.1. The lowest BCUT2D eigenvalue weighted by Crippen LogP contribution is -2.54. The van der Waals surface area contributed by atoms with Gasteiger partial charge < -0.3 is 20.2 Å². The van der Waals surface area contributed by atoms with Crippen LogP contribution in [0.5, 0.6) is 0 Å². The molecule has 5 amide bonds. The Bertz CT molecular complexity index is 2550. The Kier molecular flexibility index (Phi) is 11.3. The number of nitrogens with zero attached hydrogens (tertiary/aromatic N) is 8. The fourth-order valence-electron chi connectivity index (χ4n) is 10.2. The predicted molar refractivity (Wildman–Crippen MR) is 226 cm³/mol. The average molecular weight is 891 g/mol. The highest BCUT2D eigenvalue weighted by Gasteiger charge is 2.46. The number of pyridine rings is 1. The van der Waals surface area contributed by atoms with Crippen LogP contribution >= 0.6 is 0 Å². The Balaban J connectivity index is 0.740. The smallest absolute Gasteiger partial charge is 0.262 e. The van der Waals surface area contributed by atoms with E-state index in [0.29, 0.717) is 108 Å². The molecule has 1 saturated carbocycles. The molecule has 1 aliphatic carbocycles. The van der Waals surface area contributed by atoms with Gasteiger partial charge in [-0.25, -0.2) is 22.1 Å². The summed E-state index contributed by atoms with van der Waals surface area (Å²) >= 11 is 0. The fraction of sp³-hybridized carbons (Fsp3) is 0.571. The second kappa shape index (κ2) is 16.6. The first-order chi connectivity index (χ1) is 30.1. The summed E-state index contributed by atoms with van der Waals surface area (Å²) in [5.41, 5.74) is -0.822. The SMILES string of the molecule is C[C@@]1(O)CCC[C@H]1n1c(=O)ccc2cnc(NC3CCN(S(=O)(=O)C4CCN(C(=O)CN5CCN(c6cc7c(cc6F)C(=O)N(C6CCC(=O)NC6=O)C7=O)CC5)CC4)CC3)nc21. The molecular weight excluding hydrogens is 840 g/mol. The molecule has 19 nitrogen and oxygen atoms in total. The van der Waals surface area contributed by atoms with Crippen molar-refractivity contribution in [3.05, 3.63) is 57.8 Å². The van der Waals surface area contributed by atoms with Crippen LogP contribution in [0.1, 0.15) is 91.5 Å². The van der Waals surface area contributed by atoms with Crippen LogP contribution in [0.2, 0.25) is 0 Å². The number of aromatic nitrogens is 3. The highest BCUT2D eigenvalue weighted by molar-refractivity contribution is 7.89. The lowest BCUT2D eigenvalue weighted by molar-refractivity contribution is -0.136. The van der Waals surface area contributed by atoms with E-state index in [1.165, 1.54) is 12.1 Å². The molecule has 0 radical (unpaired) electrons. The number of fused-ring (bicyclic) bond motifs is 2. The zero-order valence-electron chi connectivity index (χ0n) is 35.0. The molecule has 21 heteroatoms. The number of nitrogens with one attached hydrogen (secondary N) is 2. The summed E-state index contributed by atoms with van der Waals surface area (Å²) in [5.74, 6) is -3.20. The Labute approximate surface area is 362 Å². The molecule has 5 aliphatic heterocycles. The molecule has 4 saturated heterocycles. The first kappa shape index (κ1) is 42.9. The van der Waals surface area contributed by atoms with E-state index in [2.05, 4.69) is 15.6 Å². The normalized spacial score (nSPS) is 25.9. The second-order valence-electron chi connectivity index (χ2n) is 17.8. The van der Waals surface area contributed by atoms with E-state index >= 15 is 4.39 Å². The van der Waals surface area contributed by atoms with Crippen LogP contribution in [0.25, 0.3) is 11.0 Å². The summed E-state index contributed by atoms with van der Waals surface area (Å²) in [6, 6.07) is 3.86. The van der Waals surface area contributed by atoms with Gasteiger partial charge in [-0.3, -0.25) is 48.5 Å². The van der Waals surface area contributed by atoms with Gasteiger partial charge in [0.25, 0.3) is 17.4 Å². The van der Waals surface area contributed by atoms with Crippen LogP contribution < -0.4 is 21.1 Å². The molecule has 5 fully saturated rings. The number of carbonyl (C=O) groups excluding carboxylic acids is 5. The van der Waals surface area contributed by atoms with Gasteiger partial charge in [-0.1, -0.05) is 0 Å². The summed E-state index contributed by atoms with van der Waals surface area (Å²) in [7, 11) is -3.62. The number of rotatable bonds is 9. The van der Waals surface area contributed by atoms with E-state index in [0.717, 1.165) is 17.4 Å². The van der Waals surface area contributed by atoms with Gasteiger partial charge in [-0.15, -0.1) is 0 Å². The van der Waals surface area contributed by atoms with Gasteiger partial charge in [0, 0.05) is 82.5 Å². The van der Waals surface area contributed by atoms with Crippen LogP contribution in [0.3, 0.4) is 0 Å². The molecular formula is C42H51FN10O9S. The van der Waals surface area contributed by atoms with E-state index in [9.17, 15) is 42.3 Å². The molecule has 1 aromatic carbocycles. The molecule has 2 aromatic heterocycles. The van der Waals surface area contributed by atoms with Crippen LogP contribution in [-0.4, -0.2) is 158 Å². The first-order valence-corrected chi connectivity index (χ1v) is 23.3. The molecule has 0 spiro atoms. The third-order valence-electron chi connectivity index (χ3n) is 13.8. The molecule has 336 valence electrons. The first-order valence-electron chi connectivity index (χ1n) is 21.8. The van der Waals surface area contributed by atoms with Crippen molar-refractivity contribution in [2.45, 2.75) is 93.7 Å². The van der Waals surface area contributed by atoms with Crippen LogP contribution in [0, 0.1) is 5.82 Å². The minimum Gasteiger partial charge on any atom is -0.388 e. The number of hydrogen-bond acceptors (Lipinski definition) is 14. The van der Waals surface area contributed by atoms with E-state index in [-0.39, 0.29) is 53.7 Å². The predicted octanol–water partition coefficient (Wildman–Crippen LogP) is 0.827. The summed E-state index contributed by atoms with van der Waals surface area (Å²) in [6.45, 7) is 4.65. The standard InChI is InChI=1S/C42H51FN10O9S/c1-42(60)12-2-3-33(42)53-35(55)7-4-25-23-44-41(47-37(25)53)45-26-8-15-51(16-9-26)63(61,62)27-10-13-50(14-11-27)36(56)24-48-17-19-49(20-18-48)32-22-29-28(21-30(32)43)39(58)52(40(29)59)31-5-6-34(54)46-38(31)57/h4,7,21-23,26-27,31,33,60H,2-3,5-6,8-20,24H2,1H3,(H,44,45,47)(H,46,54,57)/t31?,33-,42-/m1/s1. The van der Waals surface area contributed by atoms with Crippen molar-refractivity contribution in [3.8, 4) is 0 Å². The monoisotopic (exact) mass is 890 g/mol. The van der Waals surface area contributed by atoms with Crippen molar-refractivity contribution in [2.75, 3.05) is 69.1 Å². The number of carbonyl (C=O) groups is 5. The van der Waals surface area contributed by atoms with Crippen molar-refractivity contribution < 1.29 is 41.9 Å². The number of aliphatic hydroxyl groups is 1. The Hall–Kier alpha value is -5.38. The van der Waals surface area contributed by atoms with Crippen molar-refractivity contribution >= 4 is 62.2 Å². The van der Waals surface area contributed by atoms with E-state index in [1.807, 2.05) is 4.90 Å². The second-order valence-corrected chi connectivity index (χ2v) is 20.0. The number of halogens is 1. The average Bonchev–Trinajstić information content (AvgIpc) is 3.73. The Morgan fingerprint density at radius 2 is 1.62 bits per heavy atom. The van der Waals surface area contributed by atoms with Crippen molar-refractivity contribution in [1.82, 2.24) is 38.9 Å². The molecule has 3 aromatic rings. The minimum absolute atomic E-state index is 0.00582. The summed E-state index contributed by atoms with van der Waals surface area (Å²) in [4.78, 5) is 92.2. The van der Waals surface area contributed by atoms with Crippen LogP contribution in [-0.2, 0) is 24.4 Å². The largest absolute Gasteiger partial charge is 0.388 e. The van der Waals surface area contributed by atoms with Gasteiger partial charge in [0.15, 0.2) is 0 Å². The van der Waals surface area contributed by atoms with Gasteiger partial charge in [-0.2, -0.15) is 4.98 Å². The molecule has 1 unspecified atom stereocenters. The number of likely N-dealkylation sites (tertiary alicyclic amines) is 1. The van der Waals surface area contributed by atoms with Gasteiger partial charge >= 0.3 is 0 Å². The van der Waals surface area contributed by atoms with Crippen molar-refractivity contribution in [2.24, 2.45) is 0 Å². The number of sulfonamides is 1. The maximum atomic E-state index is 15.4. The number of piperidine rings is 3. The number of amides is 5. The molecule has 3 N–H and O–H groups in total. The van der Waals surface area contributed by atoms with Crippen molar-refractivity contribution in [1.29, 1.82) is 0 Å². The van der Waals surface area contributed by atoms with E-state index < -0.39 is 62.4 Å². The van der Waals surface area contributed by atoms with Crippen molar-refractivity contribution in [3.63, 3.8) is 0 Å². The zero-order valence-corrected chi connectivity index (χ0v) is 35.8. The molecule has 6 aliphatic rings. The molecule has 63 heavy (non-hydrogen) atoms. The maximum absolute atomic E-state index is 15.4. The Morgan fingerprint density at radius 1 is 0.921 bits per heavy atom. The summed E-state index contributed by atoms with van der Waals surface area (Å²) in [6.07, 6.45) is 5.38. The number of anilines is 2. The number of hydrogen-bond donors (Lipinski definition) is 3. The van der Waals surface area contributed by atoms with E-state index in [1.54, 1.807) is 37.9 Å². The lowest BCUT2D eigenvalue weighted by atomic mass is 10.00. The topological polar surface area (TPSA) is 228 Å². The maximum Gasteiger partial charge on any atom is 0.262 e. The Morgan fingerprint density at radius 3 is 2.29 bits per heavy atom. The highest BCUT2D eigenvalue weighted by atomic mass is 32.2. The third kappa shape index (κ3) is 8.08. The molecule has 9 rings (SSSR count). The summed E-state index contributed by atoms with van der Waals surface area (Å²) < 4.78 is 46.1. The molecule has 0 bridgehead atoms. The third-order valence-corrected chi connectivity index (χ3v) is 16.2. The molecule has 3 atom stereocenters. The lowest BCUT2D eigenvalue weighted by Gasteiger charge is -2.39. The quantitative estimate of drug-likeness (QED) is 0.253. The number of benzene rings is 1. The minimum atomic E-state index is -3.62.